The molecule has 1 fully saturated rings. The highest BCUT2D eigenvalue weighted by molar-refractivity contribution is 7.92. The molecular weight excluding hydrogens is 284 g/mol. The number of carboxylic acid groups (broad SMARTS) is 1. The molecule has 1 unspecified atom stereocenters. The molecule has 7 N–H and O–H groups in total. The third-order valence-electron chi connectivity index (χ3n) is 3.69. The maximum absolute atomic E-state index is 12.1. The van der Waals surface area contributed by atoms with Crippen molar-refractivity contribution in [2.45, 2.75) is 43.7 Å². The van der Waals surface area contributed by atoms with Crippen LogP contribution in [0.25, 0.3) is 0 Å². The number of carboxylic acids is 1. The fraction of sp³-hybridized carbons (Fsp3) is 0.818. The van der Waals surface area contributed by atoms with E-state index in [-0.39, 0.29) is 17.9 Å². The number of carbonyl (C=O) groups excluding carboxylic acids is 1. The zero-order chi connectivity index (χ0) is 15.4. The quantitative estimate of drug-likeness (QED) is 0.420. The van der Waals surface area contributed by atoms with Crippen molar-refractivity contribution in [2.75, 3.05) is 11.5 Å². The molecule has 0 aromatic carbocycles. The van der Waals surface area contributed by atoms with Crippen LogP contribution in [0.15, 0.2) is 0 Å². The Hall–Kier alpha value is -1.35. The Kier molecular flexibility index (Phi) is 5.35. The second-order valence-electron chi connectivity index (χ2n) is 5.33. The summed E-state index contributed by atoms with van der Waals surface area (Å²) in [4.78, 5) is 21.5. The molecule has 0 aliphatic heterocycles. The minimum Gasteiger partial charge on any atom is -0.480 e. The number of hydrogen-bond acceptors (Lipinski definition) is 5. The number of nitrogens with one attached hydrogen (secondary N) is 2. The van der Waals surface area contributed by atoms with E-state index in [9.17, 15) is 13.8 Å². The Bertz CT molecular complexity index is 473. The van der Waals surface area contributed by atoms with Crippen molar-refractivity contribution < 1.29 is 18.9 Å². The number of urea groups is 1. The fourth-order valence-electron chi connectivity index (χ4n) is 2.21. The van der Waals surface area contributed by atoms with Gasteiger partial charge in [-0.3, -0.25) is 9.57 Å². The molecule has 1 saturated carbocycles. The van der Waals surface area contributed by atoms with Gasteiger partial charge < -0.3 is 21.9 Å². The summed E-state index contributed by atoms with van der Waals surface area (Å²) in [5.41, 5.74) is 10.00. The van der Waals surface area contributed by atoms with Gasteiger partial charge in [0.05, 0.1) is 0 Å². The number of carbonyl (C=O) groups is 2. The van der Waals surface area contributed by atoms with Crippen LogP contribution >= 0.6 is 0 Å². The zero-order valence-electron chi connectivity index (χ0n) is 11.3. The highest BCUT2D eigenvalue weighted by atomic mass is 32.2. The Morgan fingerprint density at radius 1 is 1.40 bits per heavy atom. The Labute approximate surface area is 118 Å². The van der Waals surface area contributed by atoms with Crippen LogP contribution < -0.4 is 16.8 Å². The number of amides is 2. The summed E-state index contributed by atoms with van der Waals surface area (Å²) in [6.45, 7) is 0. The molecule has 1 rings (SSSR count). The number of nitrogens with two attached hydrogens (primary N) is 2. The van der Waals surface area contributed by atoms with Gasteiger partial charge in [-0.25, -0.2) is 9.00 Å². The highest BCUT2D eigenvalue weighted by Gasteiger charge is 2.38. The summed E-state index contributed by atoms with van der Waals surface area (Å²) in [7, 11) is -2.89. The predicted molar refractivity (Wildman–Crippen MR) is 74.7 cm³/mol. The van der Waals surface area contributed by atoms with Crippen molar-refractivity contribution in [3.8, 4) is 0 Å². The smallest absolute Gasteiger partial charge is 0.320 e. The van der Waals surface area contributed by atoms with E-state index in [0.717, 1.165) is 19.3 Å². The van der Waals surface area contributed by atoms with Gasteiger partial charge in [0.15, 0.2) is 0 Å². The first-order valence-corrected chi connectivity index (χ1v) is 8.36. The Balaban J connectivity index is 2.46. The topological polar surface area (TPSA) is 159 Å². The van der Waals surface area contributed by atoms with E-state index >= 15 is 0 Å². The van der Waals surface area contributed by atoms with E-state index in [4.69, 9.17) is 21.4 Å². The van der Waals surface area contributed by atoms with Gasteiger partial charge >= 0.3 is 12.0 Å². The van der Waals surface area contributed by atoms with Crippen molar-refractivity contribution in [1.82, 2.24) is 5.32 Å². The number of aliphatic carboxylic acids is 1. The van der Waals surface area contributed by atoms with E-state index in [0.29, 0.717) is 6.42 Å². The summed E-state index contributed by atoms with van der Waals surface area (Å²) in [6, 6.07) is -1.71. The Morgan fingerprint density at radius 2 is 2.00 bits per heavy atom. The molecule has 0 aromatic rings. The largest absolute Gasteiger partial charge is 0.480 e. The number of rotatable bonds is 8. The predicted octanol–water partition coefficient (Wildman–Crippen LogP) is -0.184. The third kappa shape index (κ3) is 4.97. The van der Waals surface area contributed by atoms with Gasteiger partial charge in [-0.05, 0) is 32.1 Å². The lowest BCUT2D eigenvalue weighted by molar-refractivity contribution is -0.138. The summed E-state index contributed by atoms with van der Waals surface area (Å²) in [5.74, 6) is -1.10. The molecule has 9 heteroatoms. The molecule has 1 aliphatic carbocycles. The van der Waals surface area contributed by atoms with E-state index < -0.39 is 33.3 Å². The molecule has 0 saturated heterocycles. The molecule has 20 heavy (non-hydrogen) atoms. The van der Waals surface area contributed by atoms with Crippen molar-refractivity contribution in [3.05, 3.63) is 0 Å². The number of primary amides is 1. The zero-order valence-corrected chi connectivity index (χ0v) is 12.1. The molecule has 8 nitrogen and oxygen atoms in total. The van der Waals surface area contributed by atoms with Crippen LogP contribution in [0.2, 0.25) is 0 Å². The van der Waals surface area contributed by atoms with Crippen LogP contribution in [0.5, 0.6) is 0 Å². The summed E-state index contributed by atoms with van der Waals surface area (Å²) in [5, 5.41) is 11.3. The molecule has 2 atom stereocenters. The van der Waals surface area contributed by atoms with E-state index in [1.807, 2.05) is 0 Å². The van der Waals surface area contributed by atoms with Gasteiger partial charge in [-0.1, -0.05) is 0 Å². The third-order valence-corrected chi connectivity index (χ3v) is 5.44. The second-order valence-corrected chi connectivity index (χ2v) is 7.77. The van der Waals surface area contributed by atoms with Crippen LogP contribution in [-0.4, -0.2) is 44.4 Å². The molecule has 0 bridgehead atoms. The molecule has 0 aromatic heterocycles. The van der Waals surface area contributed by atoms with Crippen molar-refractivity contribution in [3.63, 3.8) is 0 Å². The van der Waals surface area contributed by atoms with Crippen LogP contribution in [-0.2, 0) is 14.5 Å². The van der Waals surface area contributed by atoms with Crippen LogP contribution in [0, 0.1) is 4.78 Å². The van der Waals surface area contributed by atoms with Gasteiger partial charge in [0.25, 0.3) is 0 Å². The van der Waals surface area contributed by atoms with E-state index in [1.165, 1.54) is 0 Å². The first-order chi connectivity index (χ1) is 9.16. The summed E-state index contributed by atoms with van der Waals surface area (Å²) < 4.78 is 19.8. The van der Waals surface area contributed by atoms with E-state index in [1.54, 1.807) is 0 Å². The highest BCUT2D eigenvalue weighted by Crippen LogP contribution is 2.35. The van der Waals surface area contributed by atoms with Gasteiger partial charge in [-0.2, -0.15) is 0 Å². The van der Waals surface area contributed by atoms with Gasteiger partial charge in [-0.15, -0.1) is 0 Å². The lowest BCUT2D eigenvalue weighted by Crippen LogP contribution is -2.56. The molecule has 0 spiro atoms. The normalized spacial score (nSPS) is 21.2. The van der Waals surface area contributed by atoms with Crippen molar-refractivity contribution >= 4 is 21.7 Å². The van der Waals surface area contributed by atoms with Gasteiger partial charge in [0.1, 0.15) is 6.04 Å². The molecule has 2 amide bonds. The first-order valence-electron chi connectivity index (χ1n) is 6.46. The monoisotopic (exact) mass is 306 g/mol. The summed E-state index contributed by atoms with van der Waals surface area (Å²) >= 11 is 0. The Morgan fingerprint density at radius 3 is 2.40 bits per heavy atom. The molecule has 1 aliphatic rings. The van der Waals surface area contributed by atoms with E-state index in [2.05, 4.69) is 5.32 Å². The van der Waals surface area contributed by atoms with Crippen LogP contribution in [0.1, 0.15) is 32.1 Å². The van der Waals surface area contributed by atoms with Gasteiger partial charge in [0.2, 0.25) is 0 Å². The minimum absolute atomic E-state index is 0.00785. The fourth-order valence-corrected chi connectivity index (χ4v) is 3.76. The standard InChI is InChI=1S/C11H22N4O4S/c12-8(9(16)17)2-6-20(14,19)7-5-11(3-1-4-11)15-10(13)18/h8,14H,1-7,12H2,(H,16,17)(H3,13,15,18)/t8-,20?/m0/s1. The maximum atomic E-state index is 12.1. The van der Waals surface area contributed by atoms with Crippen molar-refractivity contribution in [1.29, 1.82) is 4.78 Å². The maximum Gasteiger partial charge on any atom is 0.320 e. The lowest BCUT2D eigenvalue weighted by atomic mass is 9.75. The summed E-state index contributed by atoms with van der Waals surface area (Å²) in [6.07, 6.45) is 2.91. The first kappa shape index (κ1) is 16.7. The average Bonchev–Trinajstić information content (AvgIpc) is 2.29. The average molecular weight is 306 g/mol. The minimum atomic E-state index is -2.89. The van der Waals surface area contributed by atoms with Crippen molar-refractivity contribution in [2.24, 2.45) is 11.5 Å². The second kappa shape index (κ2) is 6.40. The van der Waals surface area contributed by atoms with Crippen LogP contribution in [0.4, 0.5) is 4.79 Å². The van der Waals surface area contributed by atoms with Crippen LogP contribution in [0.3, 0.4) is 0 Å². The molecular formula is C11H22N4O4S. The van der Waals surface area contributed by atoms with Gasteiger partial charge in [0, 0.05) is 26.8 Å². The molecule has 0 heterocycles. The lowest BCUT2D eigenvalue weighted by Gasteiger charge is -2.42. The molecule has 116 valence electrons. The molecule has 0 radical (unpaired) electrons. The number of hydrogen-bond donors (Lipinski definition) is 5. The SMILES string of the molecule is N=S(=O)(CC[C@H](N)C(=O)O)CCC1(NC(N)=O)CCC1.